The molecule has 33 heavy (non-hydrogen) atoms. The molecular formula is C25H25N5O3. The maximum Gasteiger partial charge on any atom is 0.253 e. The number of benzene rings is 2. The van der Waals surface area contributed by atoms with Crippen molar-refractivity contribution in [1.29, 1.82) is 0 Å². The number of aromatic nitrogens is 3. The predicted octanol–water partition coefficient (Wildman–Crippen LogP) is 3.82. The van der Waals surface area contributed by atoms with Gasteiger partial charge in [0.2, 0.25) is 5.95 Å². The first-order valence-corrected chi connectivity index (χ1v) is 11.0. The lowest BCUT2D eigenvalue weighted by Crippen LogP contribution is -2.38. The number of rotatable bonds is 5. The third kappa shape index (κ3) is 4.50. The third-order valence-electron chi connectivity index (χ3n) is 6.14. The van der Waals surface area contributed by atoms with Crippen LogP contribution in [0.3, 0.4) is 0 Å². The molecule has 3 heterocycles. The first-order valence-electron chi connectivity index (χ1n) is 11.0. The number of oxazole rings is 1. The normalized spacial score (nSPS) is 14.5. The molecule has 0 spiro atoms. The Balaban J connectivity index is 1.25. The lowest BCUT2D eigenvalue weighted by atomic mass is 9.92. The number of anilines is 1. The van der Waals surface area contributed by atoms with Crippen molar-refractivity contribution < 1.29 is 13.9 Å². The van der Waals surface area contributed by atoms with E-state index in [1.807, 2.05) is 41.3 Å². The molecule has 5 rings (SSSR count). The number of ether oxygens (including phenoxy) is 1. The molecule has 2 aromatic heterocycles. The van der Waals surface area contributed by atoms with Crippen molar-refractivity contribution in [2.45, 2.75) is 25.2 Å². The minimum atomic E-state index is 0.00847. The topological polar surface area (TPSA) is 107 Å². The van der Waals surface area contributed by atoms with Gasteiger partial charge in [-0.2, -0.15) is 0 Å². The molecule has 0 atom stereocenters. The second-order valence-electron chi connectivity index (χ2n) is 8.27. The molecule has 0 radical (unpaired) electrons. The Morgan fingerprint density at radius 1 is 1.12 bits per heavy atom. The summed E-state index contributed by atoms with van der Waals surface area (Å²) in [7, 11) is 1.65. The molecule has 8 nitrogen and oxygen atoms in total. The highest BCUT2D eigenvalue weighted by Gasteiger charge is 2.26. The Kier molecular flexibility index (Phi) is 5.64. The van der Waals surface area contributed by atoms with Gasteiger partial charge in [-0.1, -0.05) is 12.1 Å². The number of fused-ring (bicyclic) bond motifs is 1. The molecule has 1 aliphatic rings. The van der Waals surface area contributed by atoms with Gasteiger partial charge in [0.1, 0.15) is 11.3 Å². The van der Waals surface area contributed by atoms with Crippen LogP contribution in [0, 0.1) is 0 Å². The minimum absolute atomic E-state index is 0.00847. The van der Waals surface area contributed by atoms with Gasteiger partial charge in [-0.3, -0.25) is 4.79 Å². The second kappa shape index (κ2) is 8.90. The van der Waals surface area contributed by atoms with Crippen LogP contribution >= 0.6 is 0 Å². The second-order valence-corrected chi connectivity index (χ2v) is 8.27. The van der Waals surface area contributed by atoms with Crippen LogP contribution in [0.5, 0.6) is 5.75 Å². The number of nitrogens with two attached hydrogens (primary N) is 1. The van der Waals surface area contributed by atoms with Crippen LogP contribution in [0.1, 0.15) is 46.1 Å². The van der Waals surface area contributed by atoms with E-state index in [1.54, 1.807) is 19.2 Å². The van der Waals surface area contributed by atoms with E-state index in [-0.39, 0.29) is 17.8 Å². The number of hydrogen-bond donors (Lipinski definition) is 1. The van der Waals surface area contributed by atoms with Crippen LogP contribution < -0.4 is 10.5 Å². The van der Waals surface area contributed by atoms with Crippen molar-refractivity contribution in [3.05, 3.63) is 77.4 Å². The van der Waals surface area contributed by atoms with Crippen molar-refractivity contribution in [2.75, 3.05) is 25.9 Å². The minimum Gasteiger partial charge on any atom is -0.497 e. The Hall–Kier alpha value is -3.94. The van der Waals surface area contributed by atoms with Crippen LogP contribution in [0.25, 0.3) is 11.1 Å². The van der Waals surface area contributed by atoms with Gasteiger partial charge in [0, 0.05) is 36.7 Å². The van der Waals surface area contributed by atoms with Gasteiger partial charge in [-0.25, -0.2) is 15.0 Å². The van der Waals surface area contributed by atoms with Gasteiger partial charge in [-0.15, -0.1) is 0 Å². The third-order valence-corrected chi connectivity index (χ3v) is 6.14. The van der Waals surface area contributed by atoms with Gasteiger partial charge in [-0.05, 0) is 54.8 Å². The monoisotopic (exact) mass is 443 g/mol. The van der Waals surface area contributed by atoms with E-state index >= 15 is 0 Å². The first-order chi connectivity index (χ1) is 16.1. The molecule has 1 aliphatic heterocycles. The van der Waals surface area contributed by atoms with Crippen LogP contribution in [0.15, 0.2) is 59.3 Å². The fourth-order valence-electron chi connectivity index (χ4n) is 4.34. The Bertz CT molecular complexity index is 1280. The highest BCUT2D eigenvalue weighted by Crippen LogP contribution is 2.29. The number of nitrogen functional groups attached to an aromatic ring is 1. The average molecular weight is 444 g/mol. The SMILES string of the molecule is COc1ccc(Cc2cc(C3CCN(C(=O)c4ccc5ncoc5c4)CC3)nc(N)n2)cc1. The van der Waals surface area contributed by atoms with Crippen molar-refractivity contribution in [3.63, 3.8) is 0 Å². The maximum absolute atomic E-state index is 13.0. The summed E-state index contributed by atoms with van der Waals surface area (Å²) in [5.74, 6) is 1.36. The number of amides is 1. The number of piperidine rings is 1. The zero-order chi connectivity index (χ0) is 22.8. The van der Waals surface area contributed by atoms with E-state index in [9.17, 15) is 4.79 Å². The number of carbonyl (C=O) groups excluding carboxylic acids is 1. The lowest BCUT2D eigenvalue weighted by molar-refractivity contribution is 0.0712. The highest BCUT2D eigenvalue weighted by molar-refractivity contribution is 5.97. The van der Waals surface area contributed by atoms with Crippen LogP contribution in [0.2, 0.25) is 0 Å². The fraction of sp³-hybridized carbons (Fsp3) is 0.280. The van der Waals surface area contributed by atoms with Crippen molar-refractivity contribution >= 4 is 23.0 Å². The molecule has 1 saturated heterocycles. The van der Waals surface area contributed by atoms with Crippen LogP contribution in [-0.4, -0.2) is 46.0 Å². The molecule has 0 unspecified atom stereocenters. The number of likely N-dealkylation sites (tertiary alicyclic amines) is 1. The predicted molar refractivity (Wildman–Crippen MR) is 124 cm³/mol. The fourth-order valence-corrected chi connectivity index (χ4v) is 4.34. The van der Waals surface area contributed by atoms with Gasteiger partial charge >= 0.3 is 0 Å². The van der Waals surface area contributed by atoms with E-state index in [1.165, 1.54) is 6.39 Å². The average Bonchev–Trinajstić information content (AvgIpc) is 3.32. The van der Waals surface area contributed by atoms with Crippen LogP contribution in [-0.2, 0) is 6.42 Å². The summed E-state index contributed by atoms with van der Waals surface area (Å²) in [5.41, 5.74) is 11.0. The summed E-state index contributed by atoms with van der Waals surface area (Å²) in [4.78, 5) is 27.9. The van der Waals surface area contributed by atoms with E-state index in [0.29, 0.717) is 30.7 Å². The summed E-state index contributed by atoms with van der Waals surface area (Å²) >= 11 is 0. The number of nitrogens with zero attached hydrogens (tertiary/aromatic N) is 4. The van der Waals surface area contributed by atoms with E-state index in [4.69, 9.17) is 14.9 Å². The molecule has 2 N–H and O–H groups in total. The Morgan fingerprint density at radius 2 is 1.91 bits per heavy atom. The summed E-state index contributed by atoms with van der Waals surface area (Å²) in [6, 6.07) is 15.3. The quantitative estimate of drug-likeness (QED) is 0.500. The molecule has 0 saturated carbocycles. The van der Waals surface area contributed by atoms with Crippen molar-refractivity contribution in [1.82, 2.24) is 19.9 Å². The molecule has 2 aromatic carbocycles. The van der Waals surface area contributed by atoms with Crippen molar-refractivity contribution in [3.8, 4) is 5.75 Å². The Labute approximate surface area is 191 Å². The highest BCUT2D eigenvalue weighted by atomic mass is 16.5. The number of carbonyl (C=O) groups is 1. The lowest BCUT2D eigenvalue weighted by Gasteiger charge is -2.32. The number of hydrogen-bond acceptors (Lipinski definition) is 7. The van der Waals surface area contributed by atoms with E-state index in [0.717, 1.165) is 41.1 Å². The smallest absolute Gasteiger partial charge is 0.253 e. The zero-order valence-electron chi connectivity index (χ0n) is 18.4. The maximum atomic E-state index is 13.0. The molecule has 168 valence electrons. The standard InChI is InChI=1S/C25H25N5O3/c1-32-20-5-2-16(3-6-20)12-19-14-22(29-25(26)28-19)17-8-10-30(11-9-17)24(31)18-4-7-21-23(13-18)33-15-27-21/h2-7,13-15,17H,8-12H2,1H3,(H2,26,28,29). The van der Waals surface area contributed by atoms with E-state index < -0.39 is 0 Å². The molecule has 1 fully saturated rings. The number of methoxy groups -OCH3 is 1. The van der Waals surface area contributed by atoms with Crippen LogP contribution in [0.4, 0.5) is 5.95 Å². The summed E-state index contributed by atoms with van der Waals surface area (Å²) in [6.45, 7) is 1.32. The summed E-state index contributed by atoms with van der Waals surface area (Å²) in [6.07, 6.45) is 3.72. The van der Waals surface area contributed by atoms with Gasteiger partial charge in [0.05, 0.1) is 12.8 Å². The largest absolute Gasteiger partial charge is 0.497 e. The molecule has 4 aromatic rings. The van der Waals surface area contributed by atoms with Gasteiger partial charge in [0.15, 0.2) is 12.0 Å². The first kappa shape index (κ1) is 20.9. The van der Waals surface area contributed by atoms with Gasteiger partial charge < -0.3 is 19.8 Å². The molecule has 8 heteroatoms. The zero-order valence-corrected chi connectivity index (χ0v) is 18.4. The summed E-state index contributed by atoms with van der Waals surface area (Å²) < 4.78 is 10.6. The molecule has 1 amide bonds. The Morgan fingerprint density at radius 3 is 2.67 bits per heavy atom. The van der Waals surface area contributed by atoms with Gasteiger partial charge in [0.25, 0.3) is 5.91 Å². The molecule has 0 aliphatic carbocycles. The molecule has 0 bridgehead atoms. The summed E-state index contributed by atoms with van der Waals surface area (Å²) in [5, 5.41) is 0. The molecular weight excluding hydrogens is 418 g/mol. The van der Waals surface area contributed by atoms with E-state index in [2.05, 4.69) is 15.0 Å². The van der Waals surface area contributed by atoms with Crippen molar-refractivity contribution in [2.24, 2.45) is 0 Å².